The normalized spacial score (nSPS) is 11.4. The van der Waals surface area contributed by atoms with Crippen LogP contribution >= 0.6 is 0 Å². The van der Waals surface area contributed by atoms with Crippen LogP contribution < -0.4 is 18.9 Å². The fourth-order valence-electron chi connectivity index (χ4n) is 9.43. The van der Waals surface area contributed by atoms with Crippen molar-refractivity contribution >= 4 is 49.6 Å². The van der Waals surface area contributed by atoms with E-state index in [1.54, 1.807) is 40.6 Å². The third-order valence-electron chi connectivity index (χ3n) is 12.9. The lowest BCUT2D eigenvalue weighted by Gasteiger charge is -2.15. The molecule has 0 aliphatic heterocycles. The topological polar surface area (TPSA) is 84.1 Å². The maximum Gasteiger partial charge on any atom is 0.335 e. The van der Waals surface area contributed by atoms with Crippen molar-refractivity contribution in [2.45, 2.75) is 0 Å². The molecule has 0 atom stereocenters. The van der Waals surface area contributed by atoms with Crippen LogP contribution in [0.25, 0.3) is 99.5 Å². The van der Waals surface area contributed by atoms with Crippen LogP contribution in [0.5, 0.6) is 23.0 Å². The Morgan fingerprint density at radius 1 is 0.328 bits per heavy atom. The van der Waals surface area contributed by atoms with Crippen molar-refractivity contribution in [2.24, 2.45) is 0 Å². The Morgan fingerprint density at radius 2 is 0.567 bits per heavy atom. The van der Waals surface area contributed by atoms with Crippen LogP contribution in [0.2, 0.25) is 0 Å². The summed E-state index contributed by atoms with van der Waals surface area (Å²) in [6.07, 6.45) is 0. The SMILES string of the molecule is COc1ccc(-c2ccc3c(c2)c2cc(-c4ccc(OC)cc4)ccc2n3-c2cc(C(=O)O)cc(-n3c4ccc(-c5ccc(OC)cc5)cc4c4cc(-c5ccc(OC)cc5)ccc43)c2)cc1. The predicted molar refractivity (Wildman–Crippen MR) is 270 cm³/mol. The Hall–Kier alpha value is -8.75. The van der Waals surface area contributed by atoms with E-state index >= 15 is 0 Å². The van der Waals surface area contributed by atoms with Gasteiger partial charge in [0.1, 0.15) is 23.0 Å². The first kappa shape index (κ1) is 41.0. The molecule has 11 aromatic rings. The number of carbonyl (C=O) groups is 1. The zero-order valence-electron chi connectivity index (χ0n) is 37.3. The number of aromatic nitrogens is 2. The van der Waals surface area contributed by atoms with E-state index in [2.05, 4.69) is 137 Å². The van der Waals surface area contributed by atoms with Crippen LogP contribution in [0.3, 0.4) is 0 Å². The summed E-state index contributed by atoms with van der Waals surface area (Å²) >= 11 is 0. The summed E-state index contributed by atoms with van der Waals surface area (Å²) in [5.41, 5.74) is 13.9. The monoisotopic (exact) mass is 876 g/mol. The van der Waals surface area contributed by atoms with Gasteiger partial charge in [-0.25, -0.2) is 4.79 Å². The number of nitrogens with zero attached hydrogens (tertiary/aromatic N) is 2. The fourth-order valence-corrected chi connectivity index (χ4v) is 9.43. The second-order valence-corrected chi connectivity index (χ2v) is 16.6. The Bertz CT molecular complexity index is 3240. The first-order valence-electron chi connectivity index (χ1n) is 21.9. The standard InChI is InChI=1S/C59H44N2O6/c1-64-47-17-5-36(6-18-47)40-13-25-55-51(31-40)52-32-41(37-7-19-48(65-2)20-8-37)14-26-56(52)60(55)45-29-44(59(62)63)30-46(35-45)61-57-27-15-42(38-9-21-49(66-3)22-10-38)33-53(57)54-34-43(16-28-58(54)61)39-11-23-50(67-4)24-12-39/h5-35H,1-4H3,(H,62,63). The molecule has 8 heteroatoms. The zero-order valence-corrected chi connectivity index (χ0v) is 37.3. The number of ether oxygens (including phenoxy) is 4. The van der Waals surface area contributed by atoms with Gasteiger partial charge in [-0.2, -0.15) is 0 Å². The molecule has 0 fully saturated rings. The van der Waals surface area contributed by atoms with Crippen molar-refractivity contribution < 1.29 is 28.8 Å². The number of hydrogen-bond donors (Lipinski definition) is 1. The van der Waals surface area contributed by atoms with Gasteiger partial charge in [-0.1, -0.05) is 72.8 Å². The molecule has 0 bridgehead atoms. The molecule has 326 valence electrons. The van der Waals surface area contributed by atoms with E-state index in [9.17, 15) is 9.90 Å². The lowest BCUT2D eigenvalue weighted by Crippen LogP contribution is -2.04. The van der Waals surface area contributed by atoms with Crippen molar-refractivity contribution in [3.8, 4) is 78.9 Å². The first-order chi connectivity index (χ1) is 32.8. The highest BCUT2D eigenvalue weighted by molar-refractivity contribution is 6.13. The summed E-state index contributed by atoms with van der Waals surface area (Å²) in [6, 6.07) is 63.9. The van der Waals surface area contributed by atoms with Crippen molar-refractivity contribution in [3.05, 3.63) is 194 Å². The molecule has 0 amide bonds. The molecule has 67 heavy (non-hydrogen) atoms. The number of carboxylic acids is 1. The third kappa shape index (κ3) is 7.25. The van der Waals surface area contributed by atoms with E-state index < -0.39 is 5.97 Å². The average Bonchev–Trinajstić information content (AvgIpc) is 3.90. The highest BCUT2D eigenvalue weighted by Gasteiger charge is 2.21. The lowest BCUT2D eigenvalue weighted by molar-refractivity contribution is 0.0696. The van der Waals surface area contributed by atoms with Crippen molar-refractivity contribution in [1.82, 2.24) is 9.13 Å². The minimum absolute atomic E-state index is 0.173. The fraction of sp³-hybridized carbons (Fsp3) is 0.0678. The summed E-state index contributed by atoms with van der Waals surface area (Å²) < 4.78 is 26.2. The summed E-state index contributed by atoms with van der Waals surface area (Å²) in [5.74, 6) is 2.14. The molecular weight excluding hydrogens is 833 g/mol. The molecule has 9 aromatic carbocycles. The molecule has 0 radical (unpaired) electrons. The van der Waals surface area contributed by atoms with Gasteiger partial charge in [0.15, 0.2) is 0 Å². The van der Waals surface area contributed by atoms with Gasteiger partial charge in [0.25, 0.3) is 0 Å². The van der Waals surface area contributed by atoms with Gasteiger partial charge in [-0.15, -0.1) is 0 Å². The number of fused-ring (bicyclic) bond motifs is 6. The number of carboxylic acid groups (broad SMARTS) is 1. The second kappa shape index (κ2) is 16.7. The van der Waals surface area contributed by atoms with E-state index in [1.807, 2.05) is 48.5 Å². The van der Waals surface area contributed by atoms with E-state index in [4.69, 9.17) is 18.9 Å². The van der Waals surface area contributed by atoms with Crippen molar-refractivity contribution in [3.63, 3.8) is 0 Å². The number of hydrogen-bond acceptors (Lipinski definition) is 5. The number of rotatable bonds is 11. The molecule has 1 N–H and O–H groups in total. The number of benzene rings is 9. The molecule has 11 rings (SSSR count). The molecule has 2 heterocycles. The summed E-state index contributed by atoms with van der Waals surface area (Å²) in [6.45, 7) is 0. The molecule has 2 aromatic heterocycles. The highest BCUT2D eigenvalue weighted by Crippen LogP contribution is 2.41. The van der Waals surface area contributed by atoms with Gasteiger partial charge in [0.2, 0.25) is 0 Å². The van der Waals surface area contributed by atoms with E-state index in [-0.39, 0.29) is 5.56 Å². The van der Waals surface area contributed by atoms with Gasteiger partial charge in [0, 0.05) is 32.9 Å². The van der Waals surface area contributed by atoms with Crippen molar-refractivity contribution in [2.75, 3.05) is 28.4 Å². The molecule has 0 saturated carbocycles. The van der Waals surface area contributed by atoms with Crippen LogP contribution in [-0.4, -0.2) is 48.6 Å². The summed E-state index contributed by atoms with van der Waals surface area (Å²) in [4.78, 5) is 13.2. The molecular formula is C59H44N2O6. The van der Waals surface area contributed by atoms with E-state index in [0.717, 1.165) is 122 Å². The van der Waals surface area contributed by atoms with Gasteiger partial charge in [0.05, 0.1) is 56.1 Å². The number of methoxy groups -OCH3 is 4. The van der Waals surface area contributed by atoms with E-state index in [1.165, 1.54) is 0 Å². The average molecular weight is 877 g/mol. The molecule has 0 saturated heterocycles. The van der Waals surface area contributed by atoms with Gasteiger partial charge < -0.3 is 33.2 Å². The summed E-state index contributed by atoms with van der Waals surface area (Å²) in [5, 5.41) is 15.0. The Morgan fingerprint density at radius 3 is 0.791 bits per heavy atom. The van der Waals surface area contributed by atoms with Crippen LogP contribution in [0, 0.1) is 0 Å². The molecule has 0 unspecified atom stereocenters. The van der Waals surface area contributed by atoms with Crippen LogP contribution in [0.4, 0.5) is 0 Å². The zero-order chi connectivity index (χ0) is 45.8. The Labute approximate surface area is 387 Å². The maximum atomic E-state index is 13.2. The molecule has 0 aliphatic rings. The first-order valence-corrected chi connectivity index (χ1v) is 21.9. The van der Waals surface area contributed by atoms with Crippen molar-refractivity contribution in [1.29, 1.82) is 0 Å². The Kier molecular flexibility index (Phi) is 10.2. The Balaban J connectivity index is 1.14. The summed E-state index contributed by atoms with van der Waals surface area (Å²) in [7, 11) is 6.67. The quantitative estimate of drug-likeness (QED) is 0.139. The van der Waals surface area contributed by atoms with Gasteiger partial charge >= 0.3 is 5.97 Å². The number of aromatic carboxylic acids is 1. The van der Waals surface area contributed by atoms with E-state index in [0.29, 0.717) is 0 Å². The second-order valence-electron chi connectivity index (χ2n) is 16.6. The highest BCUT2D eigenvalue weighted by atomic mass is 16.5. The lowest BCUT2D eigenvalue weighted by atomic mass is 10.00. The smallest absolute Gasteiger partial charge is 0.335 e. The van der Waals surface area contributed by atoms with Gasteiger partial charge in [-0.3, -0.25) is 0 Å². The molecule has 0 aliphatic carbocycles. The van der Waals surface area contributed by atoms with Crippen LogP contribution in [-0.2, 0) is 0 Å². The van der Waals surface area contributed by atoms with Gasteiger partial charge in [-0.05, 0) is 160 Å². The minimum Gasteiger partial charge on any atom is -0.497 e. The minimum atomic E-state index is -1.02. The maximum absolute atomic E-state index is 13.2. The predicted octanol–water partition coefficient (Wildman–Crippen LogP) is 14.3. The largest absolute Gasteiger partial charge is 0.497 e. The van der Waals surface area contributed by atoms with Crippen LogP contribution in [0.1, 0.15) is 10.4 Å². The van der Waals surface area contributed by atoms with Crippen LogP contribution in [0.15, 0.2) is 188 Å². The third-order valence-corrected chi connectivity index (χ3v) is 12.9. The molecule has 0 spiro atoms. The molecule has 8 nitrogen and oxygen atoms in total.